The number of hydrogen-bond acceptors (Lipinski definition) is 4. The Morgan fingerprint density at radius 1 is 0.732 bits per heavy atom. The highest BCUT2D eigenvalue weighted by atomic mass is 16.6. The summed E-state index contributed by atoms with van der Waals surface area (Å²) >= 11 is 0. The minimum absolute atomic E-state index is 0.240. The van der Waals surface area contributed by atoms with Crippen LogP contribution in [0.3, 0.4) is 0 Å². The summed E-state index contributed by atoms with van der Waals surface area (Å²) in [5.74, 6) is 0. The maximum Gasteiger partial charge on any atom is 0.494 e. The van der Waals surface area contributed by atoms with E-state index in [0.717, 1.165) is 42.1 Å². The molecular formula is C35H50B2O4. The summed E-state index contributed by atoms with van der Waals surface area (Å²) in [4.78, 5) is 0. The van der Waals surface area contributed by atoms with Crippen molar-refractivity contribution in [1.29, 1.82) is 0 Å². The molecule has 0 saturated heterocycles. The van der Waals surface area contributed by atoms with Crippen LogP contribution >= 0.6 is 0 Å². The fourth-order valence-corrected chi connectivity index (χ4v) is 7.11. The molecule has 0 aromatic heterocycles. The first kappa shape index (κ1) is 31.8. The van der Waals surface area contributed by atoms with Gasteiger partial charge in [-0.3, -0.25) is 0 Å². The largest absolute Gasteiger partial charge is 0.494 e. The van der Waals surface area contributed by atoms with Gasteiger partial charge in [0.2, 0.25) is 0 Å². The molecule has 2 aromatic rings. The summed E-state index contributed by atoms with van der Waals surface area (Å²) in [6.45, 7) is 4.52. The molecule has 0 bridgehead atoms. The molecule has 2 aromatic carbocycles. The molecule has 0 spiro atoms. The third-order valence-corrected chi connectivity index (χ3v) is 9.17. The van der Waals surface area contributed by atoms with E-state index in [-0.39, 0.29) is 5.41 Å². The second-order valence-corrected chi connectivity index (χ2v) is 12.1. The summed E-state index contributed by atoms with van der Waals surface area (Å²) in [7, 11) is 1.45. The van der Waals surface area contributed by atoms with Crippen LogP contribution in [0.15, 0.2) is 53.5 Å². The molecule has 0 saturated carbocycles. The molecule has 2 aliphatic rings. The second kappa shape index (κ2) is 15.4. The van der Waals surface area contributed by atoms with Crippen LogP contribution < -0.4 is 15.9 Å². The van der Waals surface area contributed by atoms with E-state index in [9.17, 15) is 10.0 Å². The van der Waals surface area contributed by atoms with Crippen LogP contribution in [0, 0.1) is 5.41 Å². The number of allylic oxidation sites excluding steroid dienone is 4. The molecule has 6 heteroatoms. The van der Waals surface area contributed by atoms with Gasteiger partial charge in [0, 0.05) is 19.6 Å². The van der Waals surface area contributed by atoms with Gasteiger partial charge in [0.1, 0.15) is 0 Å². The minimum Gasteiger partial charge on any atom is -0.423 e. The highest BCUT2D eigenvalue weighted by Crippen LogP contribution is 2.49. The maximum atomic E-state index is 10.4. The fraction of sp³-hybridized carbons (Fsp3) is 0.543. The van der Waals surface area contributed by atoms with Crippen LogP contribution in [-0.2, 0) is 9.31 Å². The van der Waals surface area contributed by atoms with E-state index in [1.54, 1.807) is 14.2 Å². The van der Waals surface area contributed by atoms with Crippen LogP contribution in [0.5, 0.6) is 0 Å². The van der Waals surface area contributed by atoms with Crippen molar-refractivity contribution in [3.63, 3.8) is 0 Å². The molecule has 2 aliphatic carbocycles. The van der Waals surface area contributed by atoms with E-state index >= 15 is 0 Å². The predicted octanol–water partition coefficient (Wildman–Crippen LogP) is 6.14. The fourth-order valence-electron chi connectivity index (χ4n) is 7.11. The average Bonchev–Trinajstić information content (AvgIpc) is 3.37. The number of benzene rings is 2. The molecule has 0 amide bonds. The van der Waals surface area contributed by atoms with Gasteiger partial charge in [0.25, 0.3) is 0 Å². The van der Waals surface area contributed by atoms with Crippen molar-refractivity contribution in [2.45, 2.75) is 104 Å². The first-order valence-electron chi connectivity index (χ1n) is 16.1. The second-order valence-electron chi connectivity index (χ2n) is 12.1. The Balaban J connectivity index is 1.85. The van der Waals surface area contributed by atoms with Crippen molar-refractivity contribution in [2.24, 2.45) is 5.41 Å². The number of fused-ring (bicyclic) bond motifs is 4. The number of hydrogen-bond donors (Lipinski definition) is 2. The standard InChI is InChI=1S/C35H50B2O4/c1-5-7-9-11-13-17-21-35(22-18-14-12-10-8-6-2)26-28(36(38)39)23-27-24-31-29-19-15-16-20-30(29)33(37(40-3)41-4)25-32(31)34(27)35/h15-16,19-20,23-26,38-39H,5-14,17-18,21-22H2,1-4H3. The van der Waals surface area contributed by atoms with Crippen LogP contribution in [0.2, 0.25) is 0 Å². The Bertz CT molecular complexity index is 1320. The molecule has 4 nitrogen and oxygen atoms in total. The molecule has 0 heterocycles. The van der Waals surface area contributed by atoms with Gasteiger partial charge in [0.05, 0.1) is 0 Å². The topological polar surface area (TPSA) is 58.9 Å². The van der Waals surface area contributed by atoms with Crippen molar-refractivity contribution in [3.05, 3.63) is 64.0 Å². The summed E-state index contributed by atoms with van der Waals surface area (Å²) in [6, 6.07) is 10.8. The van der Waals surface area contributed by atoms with Crippen molar-refractivity contribution in [1.82, 2.24) is 0 Å². The minimum atomic E-state index is -1.48. The van der Waals surface area contributed by atoms with E-state index < -0.39 is 14.2 Å². The lowest BCUT2D eigenvalue weighted by molar-refractivity contribution is 0.292. The Hall–Kier alpha value is -2.11. The van der Waals surface area contributed by atoms with Crippen LogP contribution in [-0.4, -0.2) is 38.5 Å². The zero-order valence-corrected chi connectivity index (χ0v) is 25.9. The lowest BCUT2D eigenvalue weighted by atomic mass is 9.61. The van der Waals surface area contributed by atoms with Gasteiger partial charge >= 0.3 is 14.2 Å². The smallest absolute Gasteiger partial charge is 0.423 e. The Kier molecular flexibility index (Phi) is 11.9. The van der Waals surface area contributed by atoms with Crippen molar-refractivity contribution < 1.29 is 19.4 Å². The molecule has 0 fully saturated rings. The highest BCUT2D eigenvalue weighted by molar-refractivity contribution is 6.64. The Morgan fingerprint density at radius 2 is 1.29 bits per heavy atom. The van der Waals surface area contributed by atoms with Gasteiger partial charge in [-0.1, -0.05) is 133 Å². The number of rotatable bonds is 18. The molecule has 0 aliphatic heterocycles. The summed E-state index contributed by atoms with van der Waals surface area (Å²) in [5.41, 5.74) is 3.89. The van der Waals surface area contributed by atoms with E-state index in [1.165, 1.54) is 85.6 Å². The molecule has 41 heavy (non-hydrogen) atoms. The SMILES string of the molecule is CCCCCCCCC1(CCCCCCCC)C=C(B(O)O)C=C2C=c3c(cc(B(OC)OC)c4ccccc34)=C21. The van der Waals surface area contributed by atoms with Crippen LogP contribution in [0.4, 0.5) is 0 Å². The molecular weight excluding hydrogens is 506 g/mol. The van der Waals surface area contributed by atoms with Gasteiger partial charge in [-0.25, -0.2) is 0 Å². The lowest BCUT2D eigenvalue weighted by Crippen LogP contribution is -2.42. The molecule has 0 unspecified atom stereocenters. The van der Waals surface area contributed by atoms with Crippen molar-refractivity contribution in [3.8, 4) is 0 Å². The van der Waals surface area contributed by atoms with Gasteiger partial charge in [0.15, 0.2) is 0 Å². The molecule has 2 N–H and O–H groups in total. The average molecular weight is 556 g/mol. The molecule has 4 rings (SSSR count). The van der Waals surface area contributed by atoms with Gasteiger partial charge < -0.3 is 19.4 Å². The number of unbranched alkanes of at least 4 members (excludes halogenated alkanes) is 10. The summed E-state index contributed by atoms with van der Waals surface area (Å²) < 4.78 is 11.6. The lowest BCUT2D eigenvalue weighted by Gasteiger charge is -2.38. The van der Waals surface area contributed by atoms with Gasteiger partial charge in [-0.05, 0) is 62.2 Å². The zero-order chi connectivity index (χ0) is 29.2. The first-order chi connectivity index (χ1) is 20.0. The summed E-state index contributed by atoms with van der Waals surface area (Å²) in [5, 5.41) is 25.6. The maximum absolute atomic E-state index is 10.4. The van der Waals surface area contributed by atoms with Crippen LogP contribution in [0.25, 0.3) is 22.4 Å². The first-order valence-corrected chi connectivity index (χ1v) is 16.1. The van der Waals surface area contributed by atoms with Gasteiger partial charge in [-0.2, -0.15) is 0 Å². The van der Waals surface area contributed by atoms with Crippen LogP contribution in [0.1, 0.15) is 104 Å². The predicted molar refractivity (Wildman–Crippen MR) is 175 cm³/mol. The monoisotopic (exact) mass is 556 g/mol. The van der Waals surface area contributed by atoms with Crippen molar-refractivity contribution >= 4 is 42.1 Å². The Labute approximate surface area is 248 Å². The molecule has 220 valence electrons. The van der Waals surface area contributed by atoms with E-state index in [2.05, 4.69) is 56.3 Å². The van der Waals surface area contributed by atoms with E-state index in [4.69, 9.17) is 9.31 Å². The third-order valence-electron chi connectivity index (χ3n) is 9.17. The summed E-state index contributed by atoms with van der Waals surface area (Å²) in [6.07, 6.45) is 23.4. The Morgan fingerprint density at radius 3 is 1.85 bits per heavy atom. The molecule has 0 atom stereocenters. The normalized spacial score (nSPS) is 15.3. The quantitative estimate of drug-likeness (QED) is 0.171. The van der Waals surface area contributed by atoms with E-state index in [0.29, 0.717) is 5.47 Å². The zero-order valence-electron chi connectivity index (χ0n) is 25.9. The van der Waals surface area contributed by atoms with Crippen molar-refractivity contribution in [2.75, 3.05) is 14.2 Å². The third kappa shape index (κ3) is 7.28. The van der Waals surface area contributed by atoms with E-state index in [1.807, 2.05) is 6.08 Å². The highest BCUT2D eigenvalue weighted by Gasteiger charge is 2.39. The van der Waals surface area contributed by atoms with Gasteiger partial charge in [-0.15, -0.1) is 0 Å². The molecule has 0 radical (unpaired) electrons.